The molecule has 5 rings (SSSR count). The van der Waals surface area contributed by atoms with Crippen molar-refractivity contribution in [2.24, 2.45) is 0 Å². The lowest BCUT2D eigenvalue weighted by Crippen LogP contribution is -2.27. The quantitative estimate of drug-likeness (QED) is 0.335. The zero-order chi connectivity index (χ0) is 25.8. The second-order valence-corrected chi connectivity index (χ2v) is 9.47. The van der Waals surface area contributed by atoms with Crippen LogP contribution >= 0.6 is 0 Å². The minimum atomic E-state index is -0.361. The fraction of sp³-hybridized carbons (Fsp3) is 0.233. The number of rotatable bonds is 7. The summed E-state index contributed by atoms with van der Waals surface area (Å²) < 4.78 is 7.52. The second-order valence-electron chi connectivity index (χ2n) is 9.47. The molecule has 0 bridgehead atoms. The molecule has 0 spiro atoms. The molecule has 0 radical (unpaired) electrons. The summed E-state index contributed by atoms with van der Waals surface area (Å²) in [5.74, 6) is 1.25. The maximum atomic E-state index is 13.7. The Kier molecular flexibility index (Phi) is 7.03. The predicted molar refractivity (Wildman–Crippen MR) is 145 cm³/mol. The number of anilines is 2. The van der Waals surface area contributed by atoms with Gasteiger partial charge in [-0.3, -0.25) is 9.59 Å². The molecule has 7 nitrogen and oxygen atoms in total. The van der Waals surface area contributed by atoms with E-state index in [1.54, 1.807) is 12.1 Å². The van der Waals surface area contributed by atoms with E-state index in [1.807, 2.05) is 71.6 Å². The monoisotopic (exact) mass is 494 g/mol. The number of carbonyl (C=O) groups is 1. The average Bonchev–Trinajstić information content (AvgIpc) is 3.46. The number of carbonyl (C=O) groups excluding carboxylic acids is 1. The number of benzene rings is 3. The van der Waals surface area contributed by atoms with Crippen LogP contribution in [0.5, 0.6) is 11.5 Å². The Labute approximate surface area is 216 Å². The third kappa shape index (κ3) is 5.40. The molecule has 7 heteroatoms. The van der Waals surface area contributed by atoms with E-state index in [-0.39, 0.29) is 17.2 Å². The van der Waals surface area contributed by atoms with Gasteiger partial charge in [-0.2, -0.15) is 9.78 Å². The van der Waals surface area contributed by atoms with E-state index in [2.05, 4.69) is 24.3 Å². The molecule has 1 aromatic heterocycles. The second kappa shape index (κ2) is 10.7. The Morgan fingerprint density at radius 3 is 2.46 bits per heavy atom. The summed E-state index contributed by atoms with van der Waals surface area (Å²) in [4.78, 5) is 28.5. The highest BCUT2D eigenvalue weighted by atomic mass is 16.5. The van der Waals surface area contributed by atoms with Crippen LogP contribution in [0, 0.1) is 0 Å². The van der Waals surface area contributed by atoms with Crippen LogP contribution in [0.2, 0.25) is 0 Å². The first-order valence-corrected chi connectivity index (χ1v) is 12.6. The van der Waals surface area contributed by atoms with Crippen LogP contribution in [0.4, 0.5) is 11.4 Å². The zero-order valence-electron chi connectivity index (χ0n) is 21.1. The summed E-state index contributed by atoms with van der Waals surface area (Å²) >= 11 is 0. The first-order valence-electron chi connectivity index (χ1n) is 12.6. The number of hydrogen-bond acceptors (Lipinski definition) is 5. The van der Waals surface area contributed by atoms with E-state index in [1.165, 1.54) is 10.9 Å². The normalized spacial score (nSPS) is 13.1. The summed E-state index contributed by atoms with van der Waals surface area (Å²) in [7, 11) is 0. The number of amides is 1. The number of nitrogens with zero attached hydrogens (tertiary/aromatic N) is 3. The Balaban J connectivity index is 1.53. The topological polar surface area (TPSA) is 76.5 Å². The Bertz CT molecular complexity index is 1460. The summed E-state index contributed by atoms with van der Waals surface area (Å²) in [6.07, 6.45) is 3.59. The lowest BCUT2D eigenvalue weighted by Gasteiger charge is -2.17. The molecule has 2 heterocycles. The van der Waals surface area contributed by atoms with Crippen molar-refractivity contribution >= 4 is 17.3 Å². The van der Waals surface area contributed by atoms with E-state index in [9.17, 15) is 9.59 Å². The fourth-order valence-corrected chi connectivity index (χ4v) is 4.43. The van der Waals surface area contributed by atoms with Gasteiger partial charge in [-0.05, 0) is 66.8 Å². The van der Waals surface area contributed by atoms with Crippen molar-refractivity contribution in [2.75, 3.05) is 18.4 Å². The molecule has 1 amide bonds. The van der Waals surface area contributed by atoms with Gasteiger partial charge in [0.25, 0.3) is 11.5 Å². The van der Waals surface area contributed by atoms with Crippen LogP contribution < -0.4 is 15.6 Å². The number of ether oxygens (including phenoxy) is 1. The molecular weight excluding hydrogens is 464 g/mol. The fourth-order valence-electron chi connectivity index (χ4n) is 4.43. The molecule has 1 aliphatic rings. The molecule has 1 N–H and O–H groups in total. The smallest absolute Gasteiger partial charge is 0.299 e. The Morgan fingerprint density at radius 2 is 1.70 bits per heavy atom. The van der Waals surface area contributed by atoms with E-state index in [0.29, 0.717) is 34.4 Å². The summed E-state index contributed by atoms with van der Waals surface area (Å²) in [5.41, 5.74) is 2.84. The van der Waals surface area contributed by atoms with Crippen molar-refractivity contribution in [3.63, 3.8) is 0 Å². The summed E-state index contributed by atoms with van der Waals surface area (Å²) in [5, 5.41) is 7.61. The minimum absolute atomic E-state index is 0.000418. The maximum Gasteiger partial charge on any atom is 0.299 e. The van der Waals surface area contributed by atoms with E-state index < -0.39 is 0 Å². The van der Waals surface area contributed by atoms with Crippen LogP contribution in [0.3, 0.4) is 0 Å². The highest BCUT2D eigenvalue weighted by Crippen LogP contribution is 2.31. The summed E-state index contributed by atoms with van der Waals surface area (Å²) in [6, 6.07) is 24.3. The van der Waals surface area contributed by atoms with Gasteiger partial charge in [0.2, 0.25) is 0 Å². The van der Waals surface area contributed by atoms with Gasteiger partial charge in [-0.1, -0.05) is 50.2 Å². The molecule has 4 aromatic rings. The first-order chi connectivity index (χ1) is 18.0. The van der Waals surface area contributed by atoms with Crippen molar-refractivity contribution in [3.8, 4) is 17.2 Å². The number of likely N-dealkylation sites (tertiary alicyclic amines) is 1. The highest BCUT2D eigenvalue weighted by molar-refractivity contribution is 5.95. The van der Waals surface area contributed by atoms with Crippen LogP contribution in [0.25, 0.3) is 5.69 Å². The van der Waals surface area contributed by atoms with Gasteiger partial charge in [-0.25, -0.2) is 0 Å². The molecule has 3 aromatic carbocycles. The minimum Gasteiger partial charge on any atom is -0.453 e. The van der Waals surface area contributed by atoms with Crippen LogP contribution in [-0.2, 0) is 0 Å². The molecule has 0 atom stereocenters. The lowest BCUT2D eigenvalue weighted by molar-refractivity contribution is 0.0793. The van der Waals surface area contributed by atoms with Crippen molar-refractivity contribution in [1.29, 1.82) is 0 Å². The van der Waals surface area contributed by atoms with Gasteiger partial charge in [0.1, 0.15) is 5.75 Å². The molecule has 1 aliphatic heterocycles. The van der Waals surface area contributed by atoms with Crippen molar-refractivity contribution in [1.82, 2.24) is 14.7 Å². The number of para-hydroxylation sites is 1. The van der Waals surface area contributed by atoms with Crippen LogP contribution in [0.1, 0.15) is 48.5 Å². The molecular formula is C30H30N4O3. The Hall–Kier alpha value is -4.39. The molecule has 0 unspecified atom stereocenters. The third-order valence-electron chi connectivity index (χ3n) is 6.47. The highest BCUT2D eigenvalue weighted by Gasteiger charge is 2.20. The number of nitrogens with one attached hydrogen (secondary N) is 1. The van der Waals surface area contributed by atoms with E-state index in [0.717, 1.165) is 31.5 Å². The molecule has 188 valence electrons. The average molecular weight is 495 g/mol. The molecule has 0 aliphatic carbocycles. The van der Waals surface area contributed by atoms with Crippen molar-refractivity contribution in [2.45, 2.75) is 32.6 Å². The van der Waals surface area contributed by atoms with Crippen molar-refractivity contribution in [3.05, 3.63) is 107 Å². The Morgan fingerprint density at radius 1 is 0.946 bits per heavy atom. The summed E-state index contributed by atoms with van der Waals surface area (Å²) in [6.45, 7) is 5.78. The van der Waals surface area contributed by atoms with Crippen LogP contribution in [0.15, 0.2) is 89.9 Å². The van der Waals surface area contributed by atoms with Gasteiger partial charge in [0.05, 0.1) is 11.9 Å². The molecule has 37 heavy (non-hydrogen) atoms. The number of aromatic nitrogens is 2. The lowest BCUT2D eigenvalue weighted by atomic mass is 10.0. The SMILES string of the molecule is CC(C)c1cccc(Oc2cnn(-c3ccccc3)c(=O)c2Nc2cccc(C(=O)N3CCCC3)c2)c1. The van der Waals surface area contributed by atoms with Crippen molar-refractivity contribution < 1.29 is 9.53 Å². The van der Waals surface area contributed by atoms with Gasteiger partial charge in [0.15, 0.2) is 11.4 Å². The molecule has 1 saturated heterocycles. The molecule has 1 fully saturated rings. The predicted octanol–water partition coefficient (Wildman–Crippen LogP) is 6.13. The van der Waals surface area contributed by atoms with Gasteiger partial charge in [-0.15, -0.1) is 0 Å². The van der Waals surface area contributed by atoms with E-state index in [4.69, 9.17) is 4.74 Å². The standard InChI is InChI=1S/C30H30N4O3/c1-21(2)22-10-9-15-26(19-22)37-27-20-31-34(25-13-4-3-5-14-25)30(36)28(27)32-24-12-8-11-23(18-24)29(35)33-16-6-7-17-33/h3-5,8-15,18-21,32H,6-7,16-17H2,1-2H3. The molecule has 0 saturated carbocycles. The van der Waals surface area contributed by atoms with Crippen LogP contribution in [-0.4, -0.2) is 33.7 Å². The maximum absolute atomic E-state index is 13.7. The first kappa shape index (κ1) is 24.3. The van der Waals surface area contributed by atoms with Gasteiger partial charge < -0.3 is 15.0 Å². The largest absolute Gasteiger partial charge is 0.453 e. The number of hydrogen-bond donors (Lipinski definition) is 1. The van der Waals surface area contributed by atoms with E-state index >= 15 is 0 Å². The van der Waals surface area contributed by atoms with Gasteiger partial charge >= 0.3 is 0 Å². The third-order valence-corrected chi connectivity index (χ3v) is 6.47. The zero-order valence-corrected chi connectivity index (χ0v) is 21.1. The van der Waals surface area contributed by atoms with Gasteiger partial charge in [0, 0.05) is 24.3 Å².